The highest BCUT2D eigenvalue weighted by Crippen LogP contribution is 2.23. The Morgan fingerprint density at radius 2 is 1.89 bits per heavy atom. The van der Waals surface area contributed by atoms with Crippen LogP contribution in [0.2, 0.25) is 0 Å². The first-order valence-corrected chi connectivity index (χ1v) is 7.08. The Labute approximate surface area is 117 Å². The van der Waals surface area contributed by atoms with Gasteiger partial charge in [-0.2, -0.15) is 10.5 Å². The summed E-state index contributed by atoms with van der Waals surface area (Å²) in [5.74, 6) is -0.0710. The average Bonchev–Trinajstić information content (AvgIpc) is 2.79. The summed E-state index contributed by atoms with van der Waals surface area (Å²) in [5.41, 5.74) is 1.14. The zero-order valence-electron chi connectivity index (χ0n) is 11.3. The molecule has 0 aliphatic heterocycles. The first-order valence-electron chi connectivity index (χ1n) is 6.26. The van der Waals surface area contributed by atoms with Crippen molar-refractivity contribution in [1.29, 1.82) is 10.5 Å². The molecule has 1 aromatic rings. The lowest BCUT2D eigenvalue weighted by Gasteiger charge is -2.19. The first-order chi connectivity index (χ1) is 9.13. The molecule has 0 atom stereocenters. The largest absolute Gasteiger partial charge is 0.336 e. The van der Waals surface area contributed by atoms with Gasteiger partial charge in [0.05, 0.1) is 29.9 Å². The molecule has 5 heteroatoms. The van der Waals surface area contributed by atoms with E-state index in [2.05, 4.69) is 6.92 Å². The second-order valence-electron chi connectivity index (χ2n) is 4.18. The van der Waals surface area contributed by atoms with Crippen molar-refractivity contribution in [2.75, 3.05) is 13.1 Å². The van der Waals surface area contributed by atoms with E-state index >= 15 is 0 Å². The van der Waals surface area contributed by atoms with Crippen LogP contribution in [0.5, 0.6) is 0 Å². The van der Waals surface area contributed by atoms with Crippen molar-refractivity contribution in [2.45, 2.75) is 33.1 Å². The van der Waals surface area contributed by atoms with E-state index in [1.165, 1.54) is 16.2 Å². The molecule has 1 heterocycles. The summed E-state index contributed by atoms with van der Waals surface area (Å²) in [6, 6.07) is 5.97. The molecular weight excluding hydrogens is 258 g/mol. The van der Waals surface area contributed by atoms with E-state index in [0.29, 0.717) is 30.8 Å². The van der Waals surface area contributed by atoms with Crippen molar-refractivity contribution in [3.63, 3.8) is 0 Å². The highest BCUT2D eigenvalue weighted by atomic mass is 32.1. The standard InChI is InChI=1S/C14H17N3OS/c1-3-12-11(2)10-13(19-12)14(18)17(8-4-6-15)9-5-7-16/h10H,3-5,8-9H2,1-2H3. The summed E-state index contributed by atoms with van der Waals surface area (Å²) in [5, 5.41) is 17.3. The van der Waals surface area contributed by atoms with Crippen LogP contribution >= 0.6 is 11.3 Å². The van der Waals surface area contributed by atoms with Gasteiger partial charge in [-0.1, -0.05) is 6.92 Å². The fourth-order valence-electron chi connectivity index (χ4n) is 1.82. The summed E-state index contributed by atoms with van der Waals surface area (Å²) in [6.07, 6.45) is 1.50. The number of aryl methyl sites for hydroxylation is 2. The van der Waals surface area contributed by atoms with Crippen molar-refractivity contribution >= 4 is 17.2 Å². The molecule has 0 bridgehead atoms. The lowest BCUT2D eigenvalue weighted by molar-refractivity contribution is 0.0767. The van der Waals surface area contributed by atoms with Gasteiger partial charge in [-0.3, -0.25) is 4.79 Å². The Bertz CT molecular complexity index is 504. The Kier molecular flexibility index (Phi) is 6.05. The fourth-order valence-corrected chi connectivity index (χ4v) is 2.90. The minimum atomic E-state index is -0.0710. The minimum absolute atomic E-state index is 0.0710. The number of hydrogen-bond donors (Lipinski definition) is 0. The third-order valence-corrected chi connectivity index (χ3v) is 4.20. The smallest absolute Gasteiger partial charge is 0.264 e. The summed E-state index contributed by atoms with van der Waals surface area (Å²) >= 11 is 1.51. The van der Waals surface area contributed by atoms with E-state index in [1.54, 1.807) is 4.90 Å². The third kappa shape index (κ3) is 4.08. The van der Waals surface area contributed by atoms with Gasteiger partial charge in [-0.15, -0.1) is 11.3 Å². The van der Waals surface area contributed by atoms with Crippen LogP contribution < -0.4 is 0 Å². The second-order valence-corrected chi connectivity index (χ2v) is 5.32. The van der Waals surface area contributed by atoms with Crippen molar-refractivity contribution in [2.24, 2.45) is 0 Å². The maximum atomic E-state index is 12.4. The normalized spacial score (nSPS) is 9.68. The van der Waals surface area contributed by atoms with Gasteiger partial charge in [0.1, 0.15) is 0 Å². The van der Waals surface area contributed by atoms with Crippen LogP contribution in [0.1, 0.15) is 39.9 Å². The molecule has 0 aliphatic rings. The summed E-state index contributed by atoms with van der Waals surface area (Å²) < 4.78 is 0. The Morgan fingerprint density at radius 1 is 1.32 bits per heavy atom. The van der Waals surface area contributed by atoms with Gasteiger partial charge in [0.2, 0.25) is 0 Å². The van der Waals surface area contributed by atoms with Gasteiger partial charge in [0.15, 0.2) is 0 Å². The fraction of sp³-hybridized carbons (Fsp3) is 0.500. The van der Waals surface area contributed by atoms with E-state index < -0.39 is 0 Å². The van der Waals surface area contributed by atoms with E-state index in [9.17, 15) is 4.79 Å². The molecule has 100 valence electrons. The molecule has 0 aliphatic carbocycles. The number of hydrogen-bond acceptors (Lipinski definition) is 4. The lowest BCUT2D eigenvalue weighted by Crippen LogP contribution is -2.32. The van der Waals surface area contributed by atoms with Gasteiger partial charge in [0.25, 0.3) is 5.91 Å². The van der Waals surface area contributed by atoms with Crippen LogP contribution in [-0.4, -0.2) is 23.9 Å². The molecule has 1 amide bonds. The quantitative estimate of drug-likeness (QED) is 0.801. The van der Waals surface area contributed by atoms with E-state index in [0.717, 1.165) is 12.0 Å². The van der Waals surface area contributed by atoms with Crippen molar-refractivity contribution in [3.05, 3.63) is 21.4 Å². The molecule has 0 saturated heterocycles. The molecule has 0 aromatic carbocycles. The maximum Gasteiger partial charge on any atom is 0.264 e. The monoisotopic (exact) mass is 275 g/mol. The third-order valence-electron chi connectivity index (χ3n) is 2.83. The highest BCUT2D eigenvalue weighted by Gasteiger charge is 2.18. The van der Waals surface area contributed by atoms with Gasteiger partial charge < -0.3 is 4.90 Å². The molecule has 0 unspecified atom stereocenters. The highest BCUT2D eigenvalue weighted by molar-refractivity contribution is 7.14. The molecule has 0 saturated carbocycles. The number of amides is 1. The summed E-state index contributed by atoms with van der Waals surface area (Å²) in [6.45, 7) is 4.84. The molecule has 0 radical (unpaired) electrons. The lowest BCUT2D eigenvalue weighted by atomic mass is 10.2. The molecule has 1 rings (SSSR count). The zero-order chi connectivity index (χ0) is 14.3. The zero-order valence-corrected chi connectivity index (χ0v) is 12.1. The van der Waals surface area contributed by atoms with Crippen LogP contribution in [0.3, 0.4) is 0 Å². The van der Waals surface area contributed by atoms with E-state index in [-0.39, 0.29) is 5.91 Å². The SMILES string of the molecule is CCc1sc(C(=O)N(CCC#N)CCC#N)cc1C. The summed E-state index contributed by atoms with van der Waals surface area (Å²) in [7, 11) is 0. The number of nitrogens with zero attached hydrogens (tertiary/aromatic N) is 3. The minimum Gasteiger partial charge on any atom is -0.336 e. The number of nitriles is 2. The predicted molar refractivity (Wildman–Crippen MR) is 74.8 cm³/mol. The Balaban J connectivity index is 2.85. The van der Waals surface area contributed by atoms with Gasteiger partial charge in [-0.25, -0.2) is 0 Å². The summed E-state index contributed by atoms with van der Waals surface area (Å²) in [4.78, 5) is 15.9. The second kappa shape index (κ2) is 7.56. The van der Waals surface area contributed by atoms with Crippen LogP contribution in [0.4, 0.5) is 0 Å². The molecule has 0 spiro atoms. The number of rotatable bonds is 6. The molecule has 1 aromatic heterocycles. The maximum absolute atomic E-state index is 12.4. The van der Waals surface area contributed by atoms with E-state index in [1.807, 2.05) is 25.1 Å². The van der Waals surface area contributed by atoms with Crippen molar-refractivity contribution in [3.8, 4) is 12.1 Å². The Morgan fingerprint density at radius 3 is 2.32 bits per heavy atom. The number of carbonyl (C=O) groups is 1. The van der Waals surface area contributed by atoms with Crippen LogP contribution in [0, 0.1) is 29.6 Å². The number of thiophene rings is 1. The van der Waals surface area contributed by atoms with Gasteiger partial charge in [0, 0.05) is 18.0 Å². The molecule has 4 nitrogen and oxygen atoms in total. The number of carbonyl (C=O) groups excluding carboxylic acids is 1. The molecular formula is C14H17N3OS. The van der Waals surface area contributed by atoms with Crippen molar-refractivity contribution < 1.29 is 4.79 Å². The molecule has 19 heavy (non-hydrogen) atoms. The first kappa shape index (κ1) is 15.2. The van der Waals surface area contributed by atoms with Crippen LogP contribution in [0.25, 0.3) is 0 Å². The van der Waals surface area contributed by atoms with E-state index in [4.69, 9.17) is 10.5 Å². The molecule has 0 fully saturated rings. The topological polar surface area (TPSA) is 67.9 Å². The van der Waals surface area contributed by atoms with Crippen LogP contribution in [-0.2, 0) is 6.42 Å². The van der Waals surface area contributed by atoms with Gasteiger partial charge in [-0.05, 0) is 25.0 Å². The van der Waals surface area contributed by atoms with Crippen molar-refractivity contribution in [1.82, 2.24) is 4.90 Å². The van der Waals surface area contributed by atoms with Gasteiger partial charge >= 0.3 is 0 Å². The molecule has 0 N–H and O–H groups in total. The average molecular weight is 275 g/mol. The predicted octanol–water partition coefficient (Wildman–Crippen LogP) is 2.89. The van der Waals surface area contributed by atoms with Crippen LogP contribution in [0.15, 0.2) is 6.07 Å². The Hall–Kier alpha value is -1.85.